The average molecular weight is 284 g/mol. The van der Waals surface area contributed by atoms with Gasteiger partial charge in [-0.3, -0.25) is 4.79 Å². The van der Waals surface area contributed by atoms with Gasteiger partial charge >= 0.3 is 0 Å². The van der Waals surface area contributed by atoms with Crippen molar-refractivity contribution in [3.63, 3.8) is 0 Å². The first-order valence-electron chi connectivity index (χ1n) is 8.55. The van der Waals surface area contributed by atoms with Crippen LogP contribution in [0, 0.1) is 5.92 Å². The van der Waals surface area contributed by atoms with Crippen LogP contribution in [0.3, 0.4) is 0 Å². The van der Waals surface area contributed by atoms with Crippen molar-refractivity contribution in [3.8, 4) is 0 Å². The SMILES string of the molecule is NCCCCC([NH3+])C(=O)NCC1CCCCCCCC1. The molecule has 0 aromatic heterocycles. The van der Waals surface area contributed by atoms with Crippen LogP contribution in [-0.4, -0.2) is 25.0 Å². The van der Waals surface area contributed by atoms with E-state index in [1.165, 1.54) is 51.4 Å². The summed E-state index contributed by atoms with van der Waals surface area (Å²) in [6.45, 7) is 1.55. The Morgan fingerprint density at radius 1 is 1.10 bits per heavy atom. The molecule has 0 heterocycles. The van der Waals surface area contributed by atoms with Crippen LogP contribution in [-0.2, 0) is 4.79 Å². The van der Waals surface area contributed by atoms with Gasteiger partial charge in [0.1, 0.15) is 0 Å². The van der Waals surface area contributed by atoms with Gasteiger partial charge in [0.15, 0.2) is 6.04 Å². The lowest BCUT2D eigenvalue weighted by atomic mass is 9.96. The third kappa shape index (κ3) is 7.85. The molecule has 4 nitrogen and oxygen atoms in total. The molecule has 118 valence electrons. The van der Waals surface area contributed by atoms with Crippen LogP contribution in [0.25, 0.3) is 0 Å². The molecule has 0 bridgehead atoms. The summed E-state index contributed by atoms with van der Waals surface area (Å²) in [4.78, 5) is 12.0. The second kappa shape index (κ2) is 11.1. The van der Waals surface area contributed by atoms with Crippen molar-refractivity contribution in [1.82, 2.24) is 5.32 Å². The highest BCUT2D eigenvalue weighted by molar-refractivity contribution is 5.80. The average Bonchev–Trinajstić information content (AvgIpc) is 2.58. The minimum absolute atomic E-state index is 0.113. The van der Waals surface area contributed by atoms with Gasteiger partial charge in [0.05, 0.1) is 0 Å². The lowest BCUT2D eigenvalue weighted by Crippen LogP contribution is -2.67. The van der Waals surface area contributed by atoms with E-state index in [0.717, 1.165) is 25.8 Å². The molecule has 1 amide bonds. The molecule has 1 unspecified atom stereocenters. The number of amides is 1. The third-order valence-electron chi connectivity index (χ3n) is 4.42. The Labute approximate surface area is 124 Å². The van der Waals surface area contributed by atoms with E-state index >= 15 is 0 Å². The molecule has 0 aliphatic heterocycles. The first kappa shape index (κ1) is 17.4. The van der Waals surface area contributed by atoms with E-state index in [0.29, 0.717) is 12.5 Å². The van der Waals surface area contributed by atoms with Gasteiger partial charge in [-0.15, -0.1) is 0 Å². The lowest BCUT2D eigenvalue weighted by molar-refractivity contribution is -0.405. The standard InChI is InChI=1S/C16H33N3O/c17-12-8-7-11-15(18)16(20)19-13-14-9-5-3-1-2-4-6-10-14/h14-15H,1-13,17-18H2,(H,19,20)/p+1. The maximum absolute atomic E-state index is 12.0. The Balaban J connectivity index is 2.20. The van der Waals surface area contributed by atoms with Gasteiger partial charge < -0.3 is 16.8 Å². The van der Waals surface area contributed by atoms with E-state index in [1.807, 2.05) is 0 Å². The predicted octanol–water partition coefficient (Wildman–Crippen LogP) is 1.59. The number of carbonyl (C=O) groups is 1. The summed E-state index contributed by atoms with van der Waals surface area (Å²) in [7, 11) is 0. The Kier molecular flexibility index (Phi) is 9.67. The van der Waals surface area contributed by atoms with Crippen molar-refractivity contribution in [2.24, 2.45) is 11.7 Å². The van der Waals surface area contributed by atoms with Gasteiger partial charge in [0.25, 0.3) is 5.91 Å². The summed E-state index contributed by atoms with van der Waals surface area (Å²) >= 11 is 0. The van der Waals surface area contributed by atoms with Crippen LogP contribution in [0.5, 0.6) is 0 Å². The molecular formula is C16H34N3O+. The van der Waals surface area contributed by atoms with Crippen molar-refractivity contribution in [2.45, 2.75) is 76.7 Å². The van der Waals surface area contributed by atoms with E-state index in [-0.39, 0.29) is 11.9 Å². The van der Waals surface area contributed by atoms with Crippen LogP contribution in [0.4, 0.5) is 0 Å². The largest absolute Gasteiger partial charge is 0.351 e. The smallest absolute Gasteiger partial charge is 0.278 e. The molecule has 20 heavy (non-hydrogen) atoms. The molecule has 0 radical (unpaired) electrons. The first-order valence-corrected chi connectivity index (χ1v) is 8.55. The van der Waals surface area contributed by atoms with Gasteiger partial charge in [-0.2, -0.15) is 0 Å². The maximum atomic E-state index is 12.0. The summed E-state index contributed by atoms with van der Waals surface area (Å²) in [5.74, 6) is 0.801. The van der Waals surface area contributed by atoms with E-state index in [1.54, 1.807) is 0 Å². The normalized spacial score (nSPS) is 19.7. The zero-order chi connectivity index (χ0) is 14.6. The van der Waals surface area contributed by atoms with Crippen LogP contribution in [0.2, 0.25) is 0 Å². The van der Waals surface area contributed by atoms with E-state index < -0.39 is 0 Å². The van der Waals surface area contributed by atoms with Crippen LogP contribution >= 0.6 is 0 Å². The van der Waals surface area contributed by atoms with Gasteiger partial charge in [0, 0.05) is 13.0 Å². The minimum Gasteiger partial charge on any atom is -0.351 e. The number of carbonyl (C=O) groups excluding carboxylic acids is 1. The van der Waals surface area contributed by atoms with Crippen molar-refractivity contribution in [1.29, 1.82) is 0 Å². The fraction of sp³-hybridized carbons (Fsp3) is 0.938. The van der Waals surface area contributed by atoms with E-state index in [2.05, 4.69) is 11.1 Å². The number of rotatable bonds is 7. The molecule has 0 spiro atoms. The predicted molar refractivity (Wildman–Crippen MR) is 83.0 cm³/mol. The Hall–Kier alpha value is -0.610. The molecule has 0 aromatic rings. The summed E-state index contributed by atoms with van der Waals surface area (Å²) in [6, 6.07) is -0.113. The summed E-state index contributed by atoms with van der Waals surface area (Å²) in [5.41, 5.74) is 9.44. The van der Waals surface area contributed by atoms with Gasteiger partial charge in [-0.25, -0.2) is 0 Å². The van der Waals surface area contributed by atoms with Crippen molar-refractivity contribution >= 4 is 5.91 Å². The monoisotopic (exact) mass is 284 g/mol. The summed E-state index contributed by atoms with van der Waals surface area (Å²) < 4.78 is 0. The van der Waals surface area contributed by atoms with Gasteiger partial charge in [-0.05, 0) is 38.1 Å². The summed E-state index contributed by atoms with van der Waals surface area (Å²) in [6.07, 6.45) is 13.5. The molecule has 1 aliphatic carbocycles. The Morgan fingerprint density at radius 3 is 2.30 bits per heavy atom. The van der Waals surface area contributed by atoms with Gasteiger partial charge in [0.2, 0.25) is 0 Å². The number of nitrogens with two attached hydrogens (primary N) is 1. The van der Waals surface area contributed by atoms with E-state index in [9.17, 15) is 4.79 Å². The van der Waals surface area contributed by atoms with Gasteiger partial charge in [-0.1, -0.05) is 38.5 Å². The fourth-order valence-electron chi connectivity index (χ4n) is 2.98. The highest BCUT2D eigenvalue weighted by Crippen LogP contribution is 2.21. The highest BCUT2D eigenvalue weighted by atomic mass is 16.2. The third-order valence-corrected chi connectivity index (χ3v) is 4.42. The van der Waals surface area contributed by atoms with Crippen LogP contribution in [0.15, 0.2) is 0 Å². The molecule has 1 saturated carbocycles. The number of unbranched alkanes of at least 4 members (excludes halogenated alkanes) is 1. The Bertz CT molecular complexity index is 248. The molecule has 0 saturated heterocycles. The van der Waals surface area contributed by atoms with E-state index in [4.69, 9.17) is 5.73 Å². The molecule has 1 fully saturated rings. The van der Waals surface area contributed by atoms with Crippen LogP contribution in [0.1, 0.15) is 70.6 Å². The number of nitrogens with one attached hydrogen (secondary N) is 1. The zero-order valence-corrected chi connectivity index (χ0v) is 13.0. The molecule has 1 rings (SSSR count). The number of hydrogen-bond donors (Lipinski definition) is 3. The second-order valence-corrected chi connectivity index (χ2v) is 6.29. The number of hydrogen-bond acceptors (Lipinski definition) is 2. The summed E-state index contributed by atoms with van der Waals surface area (Å²) in [5, 5.41) is 3.11. The molecular weight excluding hydrogens is 250 g/mol. The van der Waals surface area contributed by atoms with Crippen molar-refractivity contribution < 1.29 is 10.5 Å². The van der Waals surface area contributed by atoms with Crippen molar-refractivity contribution in [2.75, 3.05) is 13.1 Å². The molecule has 0 aromatic carbocycles. The fourth-order valence-corrected chi connectivity index (χ4v) is 2.98. The molecule has 1 atom stereocenters. The molecule has 6 N–H and O–H groups in total. The highest BCUT2D eigenvalue weighted by Gasteiger charge is 2.18. The lowest BCUT2D eigenvalue weighted by Gasteiger charge is -2.17. The second-order valence-electron chi connectivity index (χ2n) is 6.29. The number of quaternary nitrogens is 1. The van der Waals surface area contributed by atoms with Crippen molar-refractivity contribution in [3.05, 3.63) is 0 Å². The quantitative estimate of drug-likeness (QED) is 0.620. The minimum atomic E-state index is -0.113. The first-order chi connectivity index (χ1) is 9.74. The Morgan fingerprint density at radius 2 is 1.70 bits per heavy atom. The van der Waals surface area contributed by atoms with Crippen LogP contribution < -0.4 is 16.8 Å². The topological polar surface area (TPSA) is 82.8 Å². The molecule has 4 heteroatoms. The molecule has 1 aliphatic rings. The maximum Gasteiger partial charge on any atom is 0.278 e. The zero-order valence-electron chi connectivity index (χ0n) is 13.0.